The van der Waals surface area contributed by atoms with Crippen LogP contribution < -0.4 is 10.1 Å². The first-order chi connectivity index (χ1) is 13.5. The van der Waals surface area contributed by atoms with Gasteiger partial charge in [0.25, 0.3) is 5.91 Å². The van der Waals surface area contributed by atoms with Gasteiger partial charge >= 0.3 is 0 Å². The molecule has 0 aliphatic carbocycles. The standard InChI is InChI=1S/C21H12FN3O2S/c22-16-9-12(10-19-20(26)25-21(24)28-19)5-7-18(16)27-17-8-6-13(11-23)14-3-1-2-4-15(14)17/h1-10H,(H2,24,25,26). The van der Waals surface area contributed by atoms with E-state index >= 15 is 0 Å². The average Bonchev–Trinajstić information content (AvgIpc) is 3.01. The van der Waals surface area contributed by atoms with Crippen LogP contribution in [-0.2, 0) is 4.79 Å². The number of rotatable bonds is 3. The van der Waals surface area contributed by atoms with E-state index in [2.05, 4.69) is 11.4 Å². The number of carbonyl (C=O) groups excluding carboxylic acids is 1. The van der Waals surface area contributed by atoms with Gasteiger partial charge in [-0.05, 0) is 47.7 Å². The van der Waals surface area contributed by atoms with E-state index < -0.39 is 5.82 Å². The molecule has 3 aromatic rings. The van der Waals surface area contributed by atoms with Crippen LogP contribution in [0.1, 0.15) is 11.1 Å². The highest BCUT2D eigenvalue weighted by Gasteiger charge is 2.22. The van der Waals surface area contributed by atoms with Crippen LogP contribution in [-0.4, -0.2) is 11.1 Å². The average molecular weight is 389 g/mol. The van der Waals surface area contributed by atoms with E-state index in [1.165, 1.54) is 18.2 Å². The molecule has 7 heteroatoms. The first kappa shape index (κ1) is 17.8. The van der Waals surface area contributed by atoms with E-state index in [0.29, 0.717) is 27.2 Å². The number of carbonyl (C=O) groups is 1. The summed E-state index contributed by atoms with van der Waals surface area (Å²) in [4.78, 5) is 12.0. The number of thioether (sulfide) groups is 1. The number of amides is 1. The molecule has 1 fully saturated rings. The molecule has 136 valence electrons. The van der Waals surface area contributed by atoms with Gasteiger partial charge in [0.05, 0.1) is 16.5 Å². The molecule has 0 radical (unpaired) electrons. The van der Waals surface area contributed by atoms with E-state index in [1.807, 2.05) is 24.3 Å². The molecule has 1 amide bonds. The zero-order valence-electron chi connectivity index (χ0n) is 14.3. The second-order valence-electron chi connectivity index (χ2n) is 5.95. The normalized spacial score (nSPS) is 14.9. The van der Waals surface area contributed by atoms with Crippen molar-refractivity contribution in [3.8, 4) is 17.6 Å². The minimum absolute atomic E-state index is 0.0354. The molecule has 2 N–H and O–H groups in total. The minimum Gasteiger partial charge on any atom is -0.454 e. The lowest BCUT2D eigenvalue weighted by Crippen LogP contribution is -2.18. The third-order valence-electron chi connectivity index (χ3n) is 4.14. The van der Waals surface area contributed by atoms with Crippen molar-refractivity contribution in [2.45, 2.75) is 0 Å². The number of halogens is 1. The molecule has 0 saturated carbocycles. The molecule has 0 aromatic heterocycles. The van der Waals surface area contributed by atoms with Crippen LogP contribution >= 0.6 is 11.8 Å². The molecule has 1 heterocycles. The molecule has 0 bridgehead atoms. The van der Waals surface area contributed by atoms with Gasteiger partial charge in [-0.2, -0.15) is 5.26 Å². The van der Waals surface area contributed by atoms with Gasteiger partial charge in [-0.15, -0.1) is 0 Å². The molecular weight excluding hydrogens is 377 g/mol. The molecule has 28 heavy (non-hydrogen) atoms. The maximum atomic E-state index is 14.6. The fraction of sp³-hybridized carbons (Fsp3) is 0. The van der Waals surface area contributed by atoms with Gasteiger partial charge in [0.1, 0.15) is 5.75 Å². The van der Waals surface area contributed by atoms with E-state index in [0.717, 1.165) is 17.1 Å². The monoisotopic (exact) mass is 389 g/mol. The lowest BCUT2D eigenvalue weighted by molar-refractivity contribution is -0.115. The van der Waals surface area contributed by atoms with E-state index in [4.69, 9.17) is 10.1 Å². The van der Waals surface area contributed by atoms with Crippen LogP contribution in [0, 0.1) is 22.6 Å². The van der Waals surface area contributed by atoms with E-state index in [9.17, 15) is 14.4 Å². The van der Waals surface area contributed by atoms with Crippen molar-refractivity contribution < 1.29 is 13.9 Å². The Morgan fingerprint density at radius 3 is 2.54 bits per heavy atom. The second-order valence-corrected chi connectivity index (χ2v) is 7.01. The number of amidine groups is 1. The van der Waals surface area contributed by atoms with E-state index in [-0.39, 0.29) is 16.8 Å². The summed E-state index contributed by atoms with van der Waals surface area (Å²) in [7, 11) is 0. The Bertz CT molecular complexity index is 1210. The number of benzene rings is 3. The summed E-state index contributed by atoms with van der Waals surface area (Å²) in [5, 5.41) is 20.6. The highest BCUT2D eigenvalue weighted by atomic mass is 32.2. The Morgan fingerprint density at radius 2 is 1.86 bits per heavy atom. The van der Waals surface area contributed by atoms with Crippen molar-refractivity contribution in [2.75, 3.05) is 0 Å². The van der Waals surface area contributed by atoms with Crippen molar-refractivity contribution in [2.24, 2.45) is 0 Å². The maximum absolute atomic E-state index is 14.6. The quantitative estimate of drug-likeness (QED) is 0.631. The Kier molecular flexibility index (Phi) is 4.55. The molecule has 4 rings (SSSR count). The van der Waals surface area contributed by atoms with Gasteiger partial charge in [-0.1, -0.05) is 30.3 Å². The van der Waals surface area contributed by atoms with Crippen molar-refractivity contribution in [3.05, 3.63) is 76.4 Å². The predicted molar refractivity (Wildman–Crippen MR) is 107 cm³/mol. The zero-order chi connectivity index (χ0) is 19.7. The summed E-state index contributed by atoms with van der Waals surface area (Å²) in [6.45, 7) is 0. The maximum Gasteiger partial charge on any atom is 0.264 e. The Balaban J connectivity index is 1.66. The Morgan fingerprint density at radius 1 is 1.11 bits per heavy atom. The lowest BCUT2D eigenvalue weighted by atomic mass is 10.0. The molecular formula is C21H12FN3O2S. The van der Waals surface area contributed by atoms with Crippen LogP contribution in [0.4, 0.5) is 4.39 Å². The molecule has 0 atom stereocenters. The van der Waals surface area contributed by atoms with Gasteiger partial charge < -0.3 is 10.1 Å². The van der Waals surface area contributed by atoms with Crippen LogP contribution in [0.25, 0.3) is 16.8 Å². The van der Waals surface area contributed by atoms with Gasteiger partial charge in [-0.25, -0.2) is 4.39 Å². The molecule has 1 aliphatic heterocycles. The summed E-state index contributed by atoms with van der Waals surface area (Å²) in [6.07, 6.45) is 1.52. The number of fused-ring (bicyclic) bond motifs is 1. The van der Waals surface area contributed by atoms with Gasteiger partial charge in [0.2, 0.25) is 0 Å². The SMILES string of the molecule is N#Cc1ccc(Oc2ccc(C=C3SC(=N)NC3=O)cc2F)c2ccccc12. The predicted octanol–water partition coefficient (Wildman–Crippen LogP) is 4.78. The number of hydrogen-bond donors (Lipinski definition) is 2. The summed E-state index contributed by atoms with van der Waals surface area (Å²) in [6, 6.07) is 17.1. The van der Waals surface area contributed by atoms with Crippen LogP contribution in [0.2, 0.25) is 0 Å². The Labute approximate surface area is 163 Å². The second kappa shape index (κ2) is 7.18. The number of ether oxygens (including phenoxy) is 1. The van der Waals surface area contributed by atoms with Gasteiger partial charge in [0, 0.05) is 10.8 Å². The fourth-order valence-corrected chi connectivity index (χ4v) is 3.56. The number of hydrogen-bond acceptors (Lipinski definition) is 5. The highest BCUT2D eigenvalue weighted by Crippen LogP contribution is 2.34. The number of nitriles is 1. The van der Waals surface area contributed by atoms with E-state index in [1.54, 1.807) is 18.2 Å². The first-order valence-corrected chi connectivity index (χ1v) is 9.05. The van der Waals surface area contributed by atoms with Crippen LogP contribution in [0.3, 0.4) is 0 Å². The molecule has 0 unspecified atom stereocenters. The molecule has 1 saturated heterocycles. The highest BCUT2D eigenvalue weighted by molar-refractivity contribution is 8.18. The van der Waals surface area contributed by atoms with Gasteiger partial charge in [0.15, 0.2) is 16.7 Å². The molecule has 0 spiro atoms. The Hall–Kier alpha value is -3.63. The largest absolute Gasteiger partial charge is 0.454 e. The molecule has 1 aliphatic rings. The summed E-state index contributed by atoms with van der Waals surface area (Å²) in [5.41, 5.74) is 1.00. The van der Waals surface area contributed by atoms with Crippen LogP contribution in [0.5, 0.6) is 11.5 Å². The first-order valence-electron chi connectivity index (χ1n) is 8.24. The van der Waals surface area contributed by atoms with Crippen molar-refractivity contribution in [1.82, 2.24) is 5.32 Å². The topological polar surface area (TPSA) is 86.0 Å². The summed E-state index contributed by atoms with van der Waals surface area (Å²) in [5.74, 6) is -0.479. The van der Waals surface area contributed by atoms with Crippen molar-refractivity contribution >= 4 is 39.7 Å². The third kappa shape index (κ3) is 3.33. The van der Waals surface area contributed by atoms with Crippen molar-refractivity contribution in [3.63, 3.8) is 0 Å². The molecule has 3 aromatic carbocycles. The van der Waals surface area contributed by atoms with Gasteiger partial charge in [-0.3, -0.25) is 10.2 Å². The number of nitrogens with zero attached hydrogens (tertiary/aromatic N) is 1. The molecule has 5 nitrogen and oxygen atoms in total. The minimum atomic E-state index is -0.582. The summed E-state index contributed by atoms with van der Waals surface area (Å²) >= 11 is 0.990. The summed E-state index contributed by atoms with van der Waals surface area (Å²) < 4.78 is 20.3. The van der Waals surface area contributed by atoms with Crippen LogP contribution in [0.15, 0.2) is 59.5 Å². The fourth-order valence-electron chi connectivity index (χ4n) is 2.86. The lowest BCUT2D eigenvalue weighted by Gasteiger charge is -2.11. The third-order valence-corrected chi connectivity index (χ3v) is 4.97. The smallest absolute Gasteiger partial charge is 0.264 e. The number of nitrogens with one attached hydrogen (secondary N) is 2. The van der Waals surface area contributed by atoms with Crippen molar-refractivity contribution in [1.29, 1.82) is 10.7 Å². The zero-order valence-corrected chi connectivity index (χ0v) is 15.1.